The van der Waals surface area contributed by atoms with Gasteiger partial charge in [-0.05, 0) is 74.0 Å². The molecule has 7 heteroatoms. The number of methoxy groups -OCH3 is 3. The van der Waals surface area contributed by atoms with Crippen LogP contribution in [0.1, 0.15) is 50.5 Å². The fourth-order valence-corrected chi connectivity index (χ4v) is 6.39. The molecule has 0 radical (unpaired) electrons. The normalized spacial score (nSPS) is 28.2. The number of nitrogens with one attached hydrogen (secondary N) is 2. The Morgan fingerprint density at radius 2 is 1.45 bits per heavy atom. The molecule has 0 saturated heterocycles. The zero-order valence-electron chi connectivity index (χ0n) is 18.8. The van der Waals surface area contributed by atoms with Gasteiger partial charge in [0.1, 0.15) is 0 Å². The van der Waals surface area contributed by atoms with Gasteiger partial charge >= 0.3 is 0 Å². The van der Waals surface area contributed by atoms with Crippen molar-refractivity contribution in [2.24, 2.45) is 23.2 Å². The SMILES string of the molecule is COc1cc(CNC(=O)CCNC(=O)C23CC4CC(CC(C4)C2)C3)cc(OC)c1OC. The first kappa shape index (κ1) is 21.8. The Bertz CT molecular complexity index is 777. The van der Waals surface area contributed by atoms with Crippen molar-refractivity contribution in [1.29, 1.82) is 0 Å². The maximum absolute atomic E-state index is 13.0. The molecule has 4 fully saturated rings. The van der Waals surface area contributed by atoms with Gasteiger partial charge < -0.3 is 24.8 Å². The lowest BCUT2D eigenvalue weighted by atomic mass is 9.49. The summed E-state index contributed by atoms with van der Waals surface area (Å²) in [5.41, 5.74) is 0.682. The van der Waals surface area contributed by atoms with Crippen LogP contribution in [-0.2, 0) is 16.1 Å². The highest BCUT2D eigenvalue weighted by molar-refractivity contribution is 5.84. The molecule has 0 aromatic heterocycles. The molecule has 31 heavy (non-hydrogen) atoms. The number of hydrogen-bond acceptors (Lipinski definition) is 5. The molecule has 0 aliphatic heterocycles. The zero-order valence-corrected chi connectivity index (χ0v) is 18.8. The minimum Gasteiger partial charge on any atom is -0.493 e. The third-order valence-electron chi connectivity index (χ3n) is 7.37. The van der Waals surface area contributed by atoms with Gasteiger partial charge in [-0.1, -0.05) is 0 Å². The van der Waals surface area contributed by atoms with Crippen molar-refractivity contribution in [3.63, 3.8) is 0 Å². The van der Waals surface area contributed by atoms with Crippen LogP contribution in [0.4, 0.5) is 0 Å². The Hall–Kier alpha value is -2.44. The second kappa shape index (κ2) is 8.97. The first-order valence-electron chi connectivity index (χ1n) is 11.3. The van der Waals surface area contributed by atoms with E-state index in [9.17, 15) is 9.59 Å². The Labute approximate surface area is 184 Å². The van der Waals surface area contributed by atoms with Gasteiger partial charge in [0.15, 0.2) is 11.5 Å². The number of carbonyl (C=O) groups excluding carboxylic acids is 2. The van der Waals surface area contributed by atoms with Gasteiger partial charge in [0.05, 0.1) is 21.3 Å². The molecule has 4 aliphatic carbocycles. The Kier molecular flexibility index (Phi) is 6.30. The van der Waals surface area contributed by atoms with E-state index in [1.54, 1.807) is 21.3 Å². The van der Waals surface area contributed by atoms with Crippen LogP contribution in [0.25, 0.3) is 0 Å². The smallest absolute Gasteiger partial charge is 0.226 e. The Balaban J connectivity index is 1.25. The third kappa shape index (κ3) is 4.46. The molecule has 1 aromatic carbocycles. The van der Waals surface area contributed by atoms with Crippen LogP contribution in [0.2, 0.25) is 0 Å². The average molecular weight is 431 g/mol. The Morgan fingerprint density at radius 1 is 0.903 bits per heavy atom. The average Bonchev–Trinajstić information content (AvgIpc) is 2.75. The standard InChI is InChI=1S/C24H34N2O5/c1-29-19-9-18(10-20(30-2)22(19)31-3)14-26-21(27)4-5-25-23(28)24-11-15-6-16(12-24)8-17(7-15)13-24/h9-10,15-17H,4-8,11-14H2,1-3H3,(H,25,28)(H,26,27). The van der Waals surface area contributed by atoms with Crippen molar-refractivity contribution in [3.05, 3.63) is 17.7 Å². The van der Waals surface area contributed by atoms with Crippen molar-refractivity contribution in [2.75, 3.05) is 27.9 Å². The first-order chi connectivity index (χ1) is 15.0. The molecule has 2 amide bonds. The fourth-order valence-electron chi connectivity index (χ4n) is 6.39. The third-order valence-corrected chi connectivity index (χ3v) is 7.37. The second-order valence-corrected chi connectivity index (χ2v) is 9.51. The van der Waals surface area contributed by atoms with E-state index in [4.69, 9.17) is 14.2 Å². The lowest BCUT2D eigenvalue weighted by molar-refractivity contribution is -0.146. The number of hydrogen-bond donors (Lipinski definition) is 2. The quantitative estimate of drug-likeness (QED) is 0.629. The van der Waals surface area contributed by atoms with E-state index in [2.05, 4.69) is 10.6 Å². The molecule has 2 N–H and O–H groups in total. The summed E-state index contributed by atoms with van der Waals surface area (Å²) in [6.45, 7) is 0.722. The van der Waals surface area contributed by atoms with Crippen LogP contribution in [0.3, 0.4) is 0 Å². The molecule has 1 aromatic rings. The van der Waals surface area contributed by atoms with Gasteiger partial charge in [0, 0.05) is 24.9 Å². The summed E-state index contributed by atoms with van der Waals surface area (Å²) in [6, 6.07) is 3.63. The molecule has 0 atom stereocenters. The number of carbonyl (C=O) groups is 2. The highest BCUT2D eigenvalue weighted by atomic mass is 16.5. The molecule has 4 aliphatic rings. The zero-order chi connectivity index (χ0) is 22.0. The summed E-state index contributed by atoms with van der Waals surface area (Å²) in [5.74, 6) is 3.90. The van der Waals surface area contributed by atoms with E-state index in [-0.39, 0.29) is 23.7 Å². The van der Waals surface area contributed by atoms with Crippen LogP contribution < -0.4 is 24.8 Å². The van der Waals surface area contributed by atoms with Gasteiger partial charge in [0.2, 0.25) is 17.6 Å². The van der Waals surface area contributed by atoms with Crippen LogP contribution in [-0.4, -0.2) is 39.7 Å². The molecule has 7 nitrogen and oxygen atoms in total. The molecule has 170 valence electrons. The van der Waals surface area contributed by atoms with Crippen LogP contribution in [0, 0.1) is 23.2 Å². The first-order valence-corrected chi connectivity index (χ1v) is 11.3. The van der Waals surface area contributed by atoms with Gasteiger partial charge in [-0.3, -0.25) is 9.59 Å². The topological polar surface area (TPSA) is 85.9 Å². The van der Waals surface area contributed by atoms with Gasteiger partial charge in [-0.25, -0.2) is 0 Å². The summed E-state index contributed by atoms with van der Waals surface area (Å²) in [4.78, 5) is 25.3. The molecule has 4 bridgehead atoms. The minimum absolute atomic E-state index is 0.0976. The van der Waals surface area contributed by atoms with E-state index in [1.165, 1.54) is 19.3 Å². The maximum Gasteiger partial charge on any atom is 0.226 e. The van der Waals surface area contributed by atoms with Crippen molar-refractivity contribution in [3.8, 4) is 17.2 Å². The molecular weight excluding hydrogens is 396 g/mol. The predicted molar refractivity (Wildman–Crippen MR) is 116 cm³/mol. The van der Waals surface area contributed by atoms with E-state index in [0.29, 0.717) is 30.3 Å². The molecule has 4 saturated carbocycles. The minimum atomic E-state index is -0.165. The Morgan fingerprint density at radius 3 is 1.94 bits per heavy atom. The lowest BCUT2D eigenvalue weighted by Crippen LogP contribution is -2.53. The number of amides is 2. The van der Waals surface area contributed by atoms with Crippen molar-refractivity contribution >= 4 is 11.8 Å². The van der Waals surface area contributed by atoms with E-state index < -0.39 is 0 Å². The van der Waals surface area contributed by atoms with E-state index in [0.717, 1.165) is 42.6 Å². The summed E-state index contributed by atoms with van der Waals surface area (Å²) in [6.07, 6.45) is 7.33. The highest BCUT2D eigenvalue weighted by Gasteiger charge is 2.54. The largest absolute Gasteiger partial charge is 0.493 e. The van der Waals surface area contributed by atoms with Gasteiger partial charge in [-0.15, -0.1) is 0 Å². The number of benzene rings is 1. The van der Waals surface area contributed by atoms with Gasteiger partial charge in [-0.2, -0.15) is 0 Å². The summed E-state index contributed by atoms with van der Waals surface area (Å²) < 4.78 is 16.0. The lowest BCUT2D eigenvalue weighted by Gasteiger charge is -2.55. The molecule has 5 rings (SSSR count). The monoisotopic (exact) mass is 430 g/mol. The predicted octanol–water partition coefficient (Wildman–Crippen LogP) is 3.05. The number of rotatable bonds is 9. The van der Waals surface area contributed by atoms with Crippen LogP contribution >= 0.6 is 0 Å². The van der Waals surface area contributed by atoms with Crippen LogP contribution in [0.5, 0.6) is 17.2 Å². The van der Waals surface area contributed by atoms with E-state index in [1.807, 2.05) is 12.1 Å². The van der Waals surface area contributed by atoms with Crippen LogP contribution in [0.15, 0.2) is 12.1 Å². The number of ether oxygens (including phenoxy) is 3. The molecular formula is C24H34N2O5. The van der Waals surface area contributed by atoms with Gasteiger partial charge in [0.25, 0.3) is 0 Å². The van der Waals surface area contributed by atoms with Crippen molar-refractivity contribution in [1.82, 2.24) is 10.6 Å². The second-order valence-electron chi connectivity index (χ2n) is 9.51. The molecule has 0 spiro atoms. The highest BCUT2D eigenvalue weighted by Crippen LogP contribution is 2.60. The maximum atomic E-state index is 13.0. The molecule has 0 heterocycles. The summed E-state index contributed by atoms with van der Waals surface area (Å²) in [7, 11) is 4.68. The summed E-state index contributed by atoms with van der Waals surface area (Å²) >= 11 is 0. The summed E-state index contributed by atoms with van der Waals surface area (Å²) in [5, 5.41) is 5.97. The van der Waals surface area contributed by atoms with E-state index >= 15 is 0 Å². The molecule has 0 unspecified atom stereocenters. The van der Waals surface area contributed by atoms with Crippen molar-refractivity contribution < 1.29 is 23.8 Å². The fraction of sp³-hybridized carbons (Fsp3) is 0.667. The van der Waals surface area contributed by atoms with Crippen molar-refractivity contribution in [2.45, 2.75) is 51.5 Å².